The molecule has 10 heteroatoms. The maximum absolute atomic E-state index is 12.0. The predicted octanol–water partition coefficient (Wildman–Crippen LogP) is 3.39. The molecule has 2 atom stereocenters. The number of methoxy groups -OCH3 is 1. The molecule has 3 aromatic rings. The van der Waals surface area contributed by atoms with Gasteiger partial charge in [0.2, 0.25) is 0 Å². The fourth-order valence-corrected chi connectivity index (χ4v) is 4.30. The van der Waals surface area contributed by atoms with Crippen molar-refractivity contribution in [3.63, 3.8) is 0 Å². The van der Waals surface area contributed by atoms with Crippen LogP contribution in [0.25, 0.3) is 16.6 Å². The first-order chi connectivity index (χ1) is 16.9. The Kier molecular flexibility index (Phi) is 7.36. The summed E-state index contributed by atoms with van der Waals surface area (Å²) in [6.07, 6.45) is 5.01. The van der Waals surface area contributed by atoms with Crippen molar-refractivity contribution in [3.8, 4) is 22.9 Å². The summed E-state index contributed by atoms with van der Waals surface area (Å²) in [6.45, 7) is 7.37. The molecule has 1 fully saturated rings. The molecular formula is C25H30N6O4. The van der Waals surface area contributed by atoms with E-state index >= 15 is 0 Å². The van der Waals surface area contributed by atoms with E-state index in [4.69, 9.17) is 19.2 Å². The summed E-state index contributed by atoms with van der Waals surface area (Å²) in [5, 5.41) is 16.8. The molecule has 0 aliphatic carbocycles. The Balaban J connectivity index is 1.54. The maximum atomic E-state index is 12.0. The number of hydrogen-bond donors (Lipinski definition) is 1. The van der Waals surface area contributed by atoms with Crippen LogP contribution in [0.2, 0.25) is 0 Å². The summed E-state index contributed by atoms with van der Waals surface area (Å²) in [5.41, 5.74) is 2.88. The second-order valence-electron chi connectivity index (χ2n) is 8.60. The zero-order chi connectivity index (χ0) is 24.9. The smallest absolute Gasteiger partial charge is 0.407 e. The second-order valence-corrected chi connectivity index (χ2v) is 8.60. The van der Waals surface area contributed by atoms with E-state index in [2.05, 4.69) is 21.4 Å². The lowest BCUT2D eigenvalue weighted by molar-refractivity contribution is 0.0511. The van der Waals surface area contributed by atoms with Gasteiger partial charge in [0, 0.05) is 37.5 Å². The molecule has 1 saturated heterocycles. The zero-order valence-corrected chi connectivity index (χ0v) is 20.4. The Bertz CT molecular complexity index is 1220. The van der Waals surface area contributed by atoms with Crippen molar-refractivity contribution < 1.29 is 19.0 Å². The maximum Gasteiger partial charge on any atom is 0.407 e. The van der Waals surface area contributed by atoms with E-state index in [1.807, 2.05) is 39.0 Å². The Hall–Kier alpha value is -3.84. The molecule has 4 heterocycles. The molecule has 35 heavy (non-hydrogen) atoms. The highest BCUT2D eigenvalue weighted by atomic mass is 16.6. The SMILES string of the molecule is CCOc1cc(-c2ccc(N3CCC(NC(=O)OC(C)C)C(OC)C3)nc2)c2c(C#N)cnn2c1. The number of piperidine rings is 1. The Morgan fingerprint density at radius 3 is 2.83 bits per heavy atom. The van der Waals surface area contributed by atoms with Crippen molar-refractivity contribution in [2.24, 2.45) is 0 Å². The molecule has 1 aliphatic rings. The van der Waals surface area contributed by atoms with Crippen molar-refractivity contribution in [2.45, 2.75) is 45.4 Å². The number of rotatable bonds is 7. The van der Waals surface area contributed by atoms with Gasteiger partial charge < -0.3 is 24.4 Å². The summed E-state index contributed by atoms with van der Waals surface area (Å²) < 4.78 is 18.2. The van der Waals surface area contributed by atoms with E-state index in [-0.39, 0.29) is 18.2 Å². The molecule has 0 saturated carbocycles. The Morgan fingerprint density at radius 2 is 2.17 bits per heavy atom. The van der Waals surface area contributed by atoms with Gasteiger partial charge >= 0.3 is 6.09 Å². The number of nitriles is 1. The van der Waals surface area contributed by atoms with Gasteiger partial charge in [0.1, 0.15) is 17.6 Å². The van der Waals surface area contributed by atoms with E-state index in [1.54, 1.807) is 30.2 Å². The minimum Gasteiger partial charge on any atom is -0.492 e. The molecule has 1 N–H and O–H groups in total. The normalized spacial score (nSPS) is 17.9. The van der Waals surface area contributed by atoms with Crippen LogP contribution in [-0.2, 0) is 9.47 Å². The second kappa shape index (κ2) is 10.6. The monoisotopic (exact) mass is 478 g/mol. The summed E-state index contributed by atoms with van der Waals surface area (Å²) in [5.74, 6) is 1.48. The molecule has 0 spiro atoms. The first-order valence-electron chi connectivity index (χ1n) is 11.7. The number of pyridine rings is 2. The predicted molar refractivity (Wildman–Crippen MR) is 130 cm³/mol. The number of carbonyl (C=O) groups is 1. The third-order valence-electron chi connectivity index (χ3n) is 5.91. The molecule has 2 unspecified atom stereocenters. The van der Waals surface area contributed by atoms with E-state index < -0.39 is 6.09 Å². The Morgan fingerprint density at radius 1 is 1.34 bits per heavy atom. The molecule has 4 rings (SSSR count). The molecule has 184 valence electrons. The topological polar surface area (TPSA) is 114 Å². The Labute approximate surface area is 204 Å². The number of fused-ring (bicyclic) bond motifs is 1. The quantitative estimate of drug-likeness (QED) is 0.550. The summed E-state index contributed by atoms with van der Waals surface area (Å²) in [4.78, 5) is 18.9. The van der Waals surface area contributed by atoms with Crippen LogP contribution in [0.4, 0.5) is 10.6 Å². The standard InChI is InChI=1S/C25H30N6O4/c1-5-34-19-10-20(24-18(11-26)13-28-31(24)14-19)17-6-7-23(27-12-17)30-9-8-21(22(15-30)33-4)29-25(32)35-16(2)3/h6-7,10,12-14,16,21-22H,5,8-9,15H2,1-4H3,(H,29,32). The van der Waals surface area contributed by atoms with Crippen LogP contribution in [0.5, 0.6) is 5.75 Å². The van der Waals surface area contributed by atoms with Crippen LogP contribution in [0, 0.1) is 11.3 Å². The average Bonchev–Trinajstić information content (AvgIpc) is 3.27. The van der Waals surface area contributed by atoms with Gasteiger partial charge in [0.15, 0.2) is 0 Å². The minimum absolute atomic E-state index is 0.136. The van der Waals surface area contributed by atoms with Crippen LogP contribution in [0.15, 0.2) is 36.8 Å². The molecule has 0 aromatic carbocycles. The van der Waals surface area contributed by atoms with Gasteiger partial charge in [-0.15, -0.1) is 0 Å². The third kappa shape index (κ3) is 5.30. The highest BCUT2D eigenvalue weighted by Gasteiger charge is 2.31. The number of hydrogen-bond acceptors (Lipinski definition) is 8. The van der Waals surface area contributed by atoms with E-state index in [9.17, 15) is 10.1 Å². The lowest BCUT2D eigenvalue weighted by atomic mass is 10.0. The van der Waals surface area contributed by atoms with Gasteiger partial charge in [-0.3, -0.25) is 0 Å². The van der Waals surface area contributed by atoms with Crippen LogP contribution >= 0.6 is 0 Å². The molecule has 1 aliphatic heterocycles. The van der Waals surface area contributed by atoms with Gasteiger partial charge in [0.25, 0.3) is 0 Å². The van der Waals surface area contributed by atoms with Crippen LogP contribution in [0.3, 0.4) is 0 Å². The largest absolute Gasteiger partial charge is 0.492 e. The molecule has 0 bridgehead atoms. The molecule has 3 aromatic heterocycles. The summed E-state index contributed by atoms with van der Waals surface area (Å²) in [6, 6.07) is 7.91. The van der Waals surface area contributed by atoms with Crippen molar-refractivity contribution in [3.05, 3.63) is 42.4 Å². The number of aromatic nitrogens is 3. The number of amides is 1. The number of nitrogens with one attached hydrogen (secondary N) is 1. The number of nitrogens with zero attached hydrogens (tertiary/aromatic N) is 5. The molecular weight excluding hydrogens is 448 g/mol. The highest BCUT2D eigenvalue weighted by molar-refractivity contribution is 5.85. The van der Waals surface area contributed by atoms with Gasteiger partial charge in [0.05, 0.1) is 48.3 Å². The molecule has 0 radical (unpaired) electrons. The van der Waals surface area contributed by atoms with Gasteiger partial charge in [-0.2, -0.15) is 10.4 Å². The van der Waals surface area contributed by atoms with Gasteiger partial charge in [-0.1, -0.05) is 0 Å². The van der Waals surface area contributed by atoms with Crippen LogP contribution < -0.4 is 15.0 Å². The van der Waals surface area contributed by atoms with Crippen LogP contribution in [0.1, 0.15) is 32.8 Å². The van der Waals surface area contributed by atoms with Crippen LogP contribution in [-0.4, -0.2) is 65.7 Å². The number of carbonyl (C=O) groups excluding carboxylic acids is 1. The molecule has 1 amide bonds. The summed E-state index contributed by atoms with van der Waals surface area (Å²) in [7, 11) is 1.64. The third-order valence-corrected chi connectivity index (χ3v) is 5.91. The van der Waals surface area contributed by atoms with Crippen molar-refractivity contribution in [1.29, 1.82) is 5.26 Å². The first kappa shape index (κ1) is 24.3. The fraction of sp³-hybridized carbons (Fsp3) is 0.440. The zero-order valence-electron chi connectivity index (χ0n) is 20.4. The minimum atomic E-state index is -0.430. The molecule has 10 nitrogen and oxygen atoms in total. The van der Waals surface area contributed by atoms with E-state index in [0.29, 0.717) is 42.9 Å². The van der Waals surface area contributed by atoms with Crippen molar-refractivity contribution >= 4 is 17.4 Å². The number of anilines is 1. The average molecular weight is 479 g/mol. The first-order valence-corrected chi connectivity index (χ1v) is 11.7. The van der Waals surface area contributed by atoms with E-state index in [1.165, 1.54) is 0 Å². The van der Waals surface area contributed by atoms with Crippen molar-refractivity contribution in [2.75, 3.05) is 31.7 Å². The number of ether oxygens (including phenoxy) is 3. The fourth-order valence-electron chi connectivity index (χ4n) is 4.30. The van der Waals surface area contributed by atoms with Crippen molar-refractivity contribution in [1.82, 2.24) is 19.9 Å². The highest BCUT2D eigenvalue weighted by Crippen LogP contribution is 2.31. The number of alkyl carbamates (subject to hydrolysis) is 1. The van der Waals surface area contributed by atoms with Gasteiger partial charge in [-0.05, 0) is 45.4 Å². The lowest BCUT2D eigenvalue weighted by Gasteiger charge is -2.38. The van der Waals surface area contributed by atoms with E-state index in [0.717, 1.165) is 16.9 Å². The summed E-state index contributed by atoms with van der Waals surface area (Å²) >= 11 is 0. The van der Waals surface area contributed by atoms with Gasteiger partial charge in [-0.25, -0.2) is 14.3 Å². The lowest BCUT2D eigenvalue weighted by Crippen LogP contribution is -2.55.